The summed E-state index contributed by atoms with van der Waals surface area (Å²) in [6, 6.07) is 9.38. The van der Waals surface area contributed by atoms with E-state index >= 15 is 0 Å². The van der Waals surface area contributed by atoms with E-state index in [1.54, 1.807) is 34.6 Å². The molecule has 2 amide bonds. The Bertz CT molecular complexity index is 582. The van der Waals surface area contributed by atoms with Crippen LogP contribution in [0.15, 0.2) is 30.3 Å². The molecule has 0 aromatic heterocycles. The fourth-order valence-electron chi connectivity index (χ4n) is 2.04. The van der Waals surface area contributed by atoms with Crippen LogP contribution in [0.25, 0.3) is 0 Å². The molecule has 0 saturated carbocycles. The number of ether oxygens (including phenoxy) is 2. The summed E-state index contributed by atoms with van der Waals surface area (Å²) in [7, 11) is 0. The predicted molar refractivity (Wildman–Crippen MR) is 101 cm³/mol. The van der Waals surface area contributed by atoms with Crippen LogP contribution in [0, 0.1) is 0 Å². The lowest BCUT2D eigenvalue weighted by atomic mass is 10.0. The van der Waals surface area contributed by atoms with E-state index < -0.39 is 17.2 Å². The topological polar surface area (TPSA) is 103 Å². The summed E-state index contributed by atoms with van der Waals surface area (Å²) in [6.07, 6.45) is -0.651. The standard InChI is InChI=1S/C19H31N3O4/c1-18(2,3)26-17(24)22-19(4,5)16(23)21-15(11-20)13-25-12-14-9-7-6-8-10-14/h6-10,15H,11-13,20H2,1-5H3,(H,21,23)(H,22,24)/t15-/m0/s1. The molecule has 0 aliphatic rings. The first-order valence-electron chi connectivity index (χ1n) is 8.67. The fourth-order valence-corrected chi connectivity index (χ4v) is 2.04. The summed E-state index contributed by atoms with van der Waals surface area (Å²) in [5, 5.41) is 5.37. The van der Waals surface area contributed by atoms with Gasteiger partial charge in [-0.05, 0) is 40.2 Å². The minimum Gasteiger partial charge on any atom is -0.444 e. The van der Waals surface area contributed by atoms with Gasteiger partial charge in [0.05, 0.1) is 19.3 Å². The van der Waals surface area contributed by atoms with Gasteiger partial charge in [-0.3, -0.25) is 4.79 Å². The number of amides is 2. The van der Waals surface area contributed by atoms with Crippen molar-refractivity contribution >= 4 is 12.0 Å². The third-order valence-corrected chi connectivity index (χ3v) is 3.43. The van der Waals surface area contributed by atoms with Crippen LogP contribution in [0.2, 0.25) is 0 Å². The summed E-state index contributed by atoms with van der Waals surface area (Å²) >= 11 is 0. The zero-order valence-electron chi connectivity index (χ0n) is 16.3. The van der Waals surface area contributed by atoms with Gasteiger partial charge in [0.15, 0.2) is 0 Å². The van der Waals surface area contributed by atoms with E-state index in [0.29, 0.717) is 6.61 Å². The van der Waals surface area contributed by atoms with E-state index in [4.69, 9.17) is 15.2 Å². The Morgan fingerprint density at radius 3 is 2.27 bits per heavy atom. The molecule has 1 rings (SSSR count). The Hall–Kier alpha value is -2.12. The highest BCUT2D eigenvalue weighted by molar-refractivity contribution is 5.89. The Labute approximate surface area is 155 Å². The Morgan fingerprint density at radius 1 is 1.12 bits per heavy atom. The number of nitrogens with two attached hydrogens (primary N) is 1. The average Bonchev–Trinajstić information content (AvgIpc) is 2.52. The van der Waals surface area contributed by atoms with Crippen molar-refractivity contribution in [2.75, 3.05) is 13.2 Å². The molecular formula is C19H31N3O4. The summed E-state index contributed by atoms with van der Waals surface area (Å²) in [4.78, 5) is 24.4. The molecule has 0 saturated heterocycles. The molecule has 0 spiro atoms. The number of benzene rings is 1. The molecule has 0 heterocycles. The van der Waals surface area contributed by atoms with Crippen molar-refractivity contribution in [1.29, 1.82) is 0 Å². The van der Waals surface area contributed by atoms with Gasteiger partial charge in [0.25, 0.3) is 0 Å². The van der Waals surface area contributed by atoms with Gasteiger partial charge >= 0.3 is 6.09 Å². The van der Waals surface area contributed by atoms with E-state index in [9.17, 15) is 9.59 Å². The van der Waals surface area contributed by atoms with Crippen molar-refractivity contribution in [3.63, 3.8) is 0 Å². The number of nitrogens with one attached hydrogen (secondary N) is 2. The second kappa shape index (κ2) is 9.54. The van der Waals surface area contributed by atoms with Crippen LogP contribution in [0.5, 0.6) is 0 Å². The van der Waals surface area contributed by atoms with Crippen LogP contribution in [0.1, 0.15) is 40.2 Å². The molecule has 4 N–H and O–H groups in total. The number of alkyl carbamates (subject to hydrolysis) is 1. The zero-order chi connectivity index (χ0) is 19.8. The van der Waals surface area contributed by atoms with Gasteiger partial charge in [-0.25, -0.2) is 4.79 Å². The number of carbonyl (C=O) groups excluding carboxylic acids is 2. The molecule has 0 fully saturated rings. The summed E-state index contributed by atoms with van der Waals surface area (Å²) in [6.45, 7) is 9.42. The molecule has 0 bridgehead atoms. The van der Waals surface area contributed by atoms with Crippen molar-refractivity contribution in [2.45, 2.75) is 58.4 Å². The Balaban J connectivity index is 2.49. The molecule has 146 valence electrons. The smallest absolute Gasteiger partial charge is 0.408 e. The predicted octanol–water partition coefficient (Wildman–Crippen LogP) is 1.95. The molecule has 0 radical (unpaired) electrons. The largest absolute Gasteiger partial charge is 0.444 e. The quantitative estimate of drug-likeness (QED) is 0.653. The van der Waals surface area contributed by atoms with Crippen LogP contribution >= 0.6 is 0 Å². The second-order valence-corrected chi connectivity index (χ2v) is 7.66. The molecule has 7 heteroatoms. The average molecular weight is 365 g/mol. The first-order chi connectivity index (χ1) is 12.0. The maximum Gasteiger partial charge on any atom is 0.408 e. The minimum absolute atomic E-state index is 0.225. The van der Waals surface area contributed by atoms with Gasteiger partial charge in [0.2, 0.25) is 5.91 Å². The van der Waals surface area contributed by atoms with Crippen molar-refractivity contribution in [1.82, 2.24) is 10.6 Å². The zero-order valence-corrected chi connectivity index (χ0v) is 16.3. The van der Waals surface area contributed by atoms with Gasteiger partial charge in [-0.1, -0.05) is 30.3 Å². The lowest BCUT2D eigenvalue weighted by Crippen LogP contribution is -2.58. The molecule has 26 heavy (non-hydrogen) atoms. The number of rotatable bonds is 8. The van der Waals surface area contributed by atoms with Gasteiger partial charge in [-0.15, -0.1) is 0 Å². The molecule has 0 unspecified atom stereocenters. The normalized spacial score (nSPS) is 13.0. The van der Waals surface area contributed by atoms with Gasteiger partial charge in [0.1, 0.15) is 11.1 Å². The highest BCUT2D eigenvalue weighted by Gasteiger charge is 2.32. The van der Waals surface area contributed by atoms with E-state index in [0.717, 1.165) is 5.56 Å². The SMILES string of the molecule is CC(C)(C)OC(=O)NC(C)(C)C(=O)N[C@@H](CN)COCc1ccccc1. The van der Waals surface area contributed by atoms with Crippen LogP contribution in [-0.4, -0.2) is 42.3 Å². The third-order valence-electron chi connectivity index (χ3n) is 3.43. The molecule has 1 aromatic carbocycles. The van der Waals surface area contributed by atoms with Gasteiger partial charge < -0.3 is 25.8 Å². The van der Waals surface area contributed by atoms with E-state index in [2.05, 4.69) is 10.6 Å². The van der Waals surface area contributed by atoms with Crippen molar-refractivity contribution in [2.24, 2.45) is 5.73 Å². The highest BCUT2D eigenvalue weighted by atomic mass is 16.6. The molecule has 7 nitrogen and oxygen atoms in total. The first kappa shape index (κ1) is 21.9. The van der Waals surface area contributed by atoms with E-state index in [1.807, 2.05) is 30.3 Å². The van der Waals surface area contributed by atoms with Crippen LogP contribution < -0.4 is 16.4 Å². The number of hydrogen-bond acceptors (Lipinski definition) is 5. The van der Waals surface area contributed by atoms with Crippen molar-refractivity contribution in [3.8, 4) is 0 Å². The highest BCUT2D eigenvalue weighted by Crippen LogP contribution is 2.10. The maximum absolute atomic E-state index is 12.5. The van der Waals surface area contributed by atoms with E-state index in [1.165, 1.54) is 0 Å². The van der Waals surface area contributed by atoms with Gasteiger partial charge in [-0.2, -0.15) is 0 Å². The molecule has 0 aliphatic heterocycles. The summed E-state index contributed by atoms with van der Waals surface area (Å²) in [5.41, 5.74) is 4.98. The molecule has 1 atom stereocenters. The number of hydrogen-bond donors (Lipinski definition) is 3. The van der Waals surface area contributed by atoms with Crippen molar-refractivity contribution < 1.29 is 19.1 Å². The lowest BCUT2D eigenvalue weighted by Gasteiger charge is -2.29. The van der Waals surface area contributed by atoms with E-state index in [-0.39, 0.29) is 25.1 Å². The fraction of sp³-hybridized carbons (Fsp3) is 0.579. The molecular weight excluding hydrogens is 334 g/mol. The van der Waals surface area contributed by atoms with Crippen molar-refractivity contribution in [3.05, 3.63) is 35.9 Å². The minimum atomic E-state index is -1.14. The van der Waals surface area contributed by atoms with Gasteiger partial charge in [0, 0.05) is 6.54 Å². The molecule has 0 aliphatic carbocycles. The number of carbonyl (C=O) groups is 2. The summed E-state index contributed by atoms with van der Waals surface area (Å²) < 4.78 is 10.8. The second-order valence-electron chi connectivity index (χ2n) is 7.66. The lowest BCUT2D eigenvalue weighted by molar-refractivity contribution is -0.127. The Morgan fingerprint density at radius 2 is 1.73 bits per heavy atom. The maximum atomic E-state index is 12.5. The third kappa shape index (κ3) is 8.31. The van der Waals surface area contributed by atoms with Crippen LogP contribution in [-0.2, 0) is 20.9 Å². The first-order valence-corrected chi connectivity index (χ1v) is 8.67. The molecule has 1 aromatic rings. The van der Waals surface area contributed by atoms with Crippen LogP contribution in [0.4, 0.5) is 4.79 Å². The van der Waals surface area contributed by atoms with Crippen LogP contribution in [0.3, 0.4) is 0 Å². The monoisotopic (exact) mass is 365 g/mol. The summed E-state index contributed by atoms with van der Waals surface area (Å²) in [5.74, 6) is -0.359. The Kier molecular flexibility index (Phi) is 8.05.